The SMILES string of the molecule is O=C(Nc1ccc(C(F)(F)F)cc1)C1CCN(c2ncccc2S(=O)(=O)N2CCOCC2)CC1. The molecule has 0 bridgehead atoms. The van der Waals surface area contributed by atoms with E-state index in [9.17, 15) is 26.4 Å². The number of benzene rings is 1. The minimum atomic E-state index is -4.44. The molecule has 0 spiro atoms. The number of anilines is 2. The minimum absolute atomic E-state index is 0.129. The molecule has 1 amide bonds. The molecule has 0 unspecified atom stereocenters. The molecule has 0 aliphatic carbocycles. The fourth-order valence-electron chi connectivity index (χ4n) is 4.09. The van der Waals surface area contributed by atoms with Gasteiger partial charge in [0.15, 0.2) is 0 Å². The van der Waals surface area contributed by atoms with Crippen LogP contribution in [-0.2, 0) is 25.7 Å². The van der Waals surface area contributed by atoms with E-state index in [-0.39, 0.29) is 29.8 Å². The topological polar surface area (TPSA) is 91.8 Å². The van der Waals surface area contributed by atoms with Crippen LogP contribution in [0.4, 0.5) is 24.7 Å². The molecule has 1 aromatic heterocycles. The van der Waals surface area contributed by atoms with Crippen molar-refractivity contribution in [1.29, 1.82) is 0 Å². The molecule has 1 N–H and O–H groups in total. The average Bonchev–Trinajstić information content (AvgIpc) is 2.84. The number of nitrogens with zero attached hydrogens (tertiary/aromatic N) is 3. The summed E-state index contributed by atoms with van der Waals surface area (Å²) in [6, 6.07) is 7.43. The lowest BCUT2D eigenvalue weighted by Gasteiger charge is -2.34. The van der Waals surface area contributed by atoms with Crippen molar-refractivity contribution in [2.24, 2.45) is 5.92 Å². The Morgan fingerprint density at radius 1 is 1.03 bits per heavy atom. The Bertz CT molecular complexity index is 1110. The highest BCUT2D eigenvalue weighted by atomic mass is 32.2. The number of alkyl halides is 3. The highest BCUT2D eigenvalue weighted by Crippen LogP contribution is 2.31. The van der Waals surface area contributed by atoms with Crippen molar-refractivity contribution in [3.8, 4) is 0 Å². The van der Waals surface area contributed by atoms with Crippen molar-refractivity contribution >= 4 is 27.4 Å². The maximum atomic E-state index is 13.2. The molecule has 2 aliphatic rings. The first kappa shape index (κ1) is 24.4. The maximum Gasteiger partial charge on any atom is 0.416 e. The van der Waals surface area contributed by atoms with Gasteiger partial charge in [0.1, 0.15) is 10.7 Å². The second kappa shape index (κ2) is 9.88. The molecule has 0 radical (unpaired) electrons. The molecule has 0 atom stereocenters. The van der Waals surface area contributed by atoms with Crippen LogP contribution in [0.15, 0.2) is 47.5 Å². The van der Waals surface area contributed by atoms with Crippen LogP contribution in [0.1, 0.15) is 18.4 Å². The second-order valence-electron chi connectivity index (χ2n) is 8.17. The van der Waals surface area contributed by atoms with Crippen LogP contribution >= 0.6 is 0 Å². The van der Waals surface area contributed by atoms with Gasteiger partial charge in [-0.25, -0.2) is 13.4 Å². The summed E-state index contributed by atoms with van der Waals surface area (Å²) < 4.78 is 71.2. The lowest BCUT2D eigenvalue weighted by atomic mass is 9.95. The van der Waals surface area contributed by atoms with E-state index in [2.05, 4.69) is 10.3 Å². The Labute approximate surface area is 195 Å². The van der Waals surface area contributed by atoms with Gasteiger partial charge in [-0.05, 0) is 49.2 Å². The van der Waals surface area contributed by atoms with Crippen LogP contribution in [0.2, 0.25) is 0 Å². The quantitative estimate of drug-likeness (QED) is 0.682. The van der Waals surface area contributed by atoms with Crippen LogP contribution in [-0.4, -0.2) is 63.0 Å². The molecule has 8 nitrogen and oxygen atoms in total. The Morgan fingerprint density at radius 2 is 1.68 bits per heavy atom. The molecule has 4 rings (SSSR count). The number of aromatic nitrogens is 1. The zero-order valence-corrected chi connectivity index (χ0v) is 19.1. The number of pyridine rings is 1. The molecular formula is C22H25F3N4O4S. The van der Waals surface area contributed by atoms with Crippen LogP contribution in [0.3, 0.4) is 0 Å². The number of sulfonamides is 1. The highest BCUT2D eigenvalue weighted by Gasteiger charge is 2.33. The van der Waals surface area contributed by atoms with Crippen LogP contribution in [0.25, 0.3) is 0 Å². The molecule has 2 fully saturated rings. The summed E-state index contributed by atoms with van der Waals surface area (Å²) in [4.78, 5) is 19.0. The van der Waals surface area contributed by atoms with Crippen molar-refractivity contribution in [2.75, 3.05) is 49.6 Å². The number of morpholine rings is 1. The summed E-state index contributed by atoms with van der Waals surface area (Å²) in [5, 5.41) is 2.67. The van der Waals surface area contributed by atoms with Crippen molar-refractivity contribution in [1.82, 2.24) is 9.29 Å². The van der Waals surface area contributed by atoms with Gasteiger partial charge >= 0.3 is 6.18 Å². The fourth-order valence-corrected chi connectivity index (χ4v) is 5.66. The number of rotatable bonds is 5. The Morgan fingerprint density at radius 3 is 2.29 bits per heavy atom. The van der Waals surface area contributed by atoms with Crippen LogP contribution < -0.4 is 10.2 Å². The molecule has 34 heavy (non-hydrogen) atoms. The molecule has 2 aliphatic heterocycles. The number of carbonyl (C=O) groups is 1. The zero-order valence-electron chi connectivity index (χ0n) is 18.3. The number of piperidine rings is 1. The third-order valence-corrected chi connectivity index (χ3v) is 7.90. The van der Waals surface area contributed by atoms with Gasteiger partial charge < -0.3 is 15.0 Å². The number of amides is 1. The van der Waals surface area contributed by atoms with Gasteiger partial charge in [0.25, 0.3) is 0 Å². The van der Waals surface area contributed by atoms with E-state index in [1.54, 1.807) is 6.07 Å². The van der Waals surface area contributed by atoms with E-state index >= 15 is 0 Å². The first-order chi connectivity index (χ1) is 16.2. The maximum absolute atomic E-state index is 13.2. The number of hydrogen-bond donors (Lipinski definition) is 1. The van der Waals surface area contributed by atoms with Gasteiger partial charge in [0, 0.05) is 44.0 Å². The lowest BCUT2D eigenvalue weighted by molar-refractivity contribution is -0.137. The van der Waals surface area contributed by atoms with Crippen molar-refractivity contribution in [2.45, 2.75) is 23.9 Å². The number of carbonyl (C=O) groups excluding carboxylic acids is 1. The van der Waals surface area contributed by atoms with E-state index < -0.39 is 21.8 Å². The summed E-state index contributed by atoms with van der Waals surface area (Å²) in [7, 11) is -3.74. The average molecular weight is 499 g/mol. The Hall–Kier alpha value is -2.70. The molecular weight excluding hydrogens is 473 g/mol. The molecule has 2 saturated heterocycles. The van der Waals surface area contributed by atoms with E-state index in [1.807, 2.05) is 4.90 Å². The summed E-state index contributed by atoms with van der Waals surface area (Å²) in [5.74, 6) is -0.265. The smallest absolute Gasteiger partial charge is 0.379 e. The predicted molar refractivity (Wildman–Crippen MR) is 119 cm³/mol. The standard InChI is InChI=1S/C22H25F3N4O4S/c23-22(24,25)17-3-5-18(6-4-17)27-21(30)16-7-10-28(11-8-16)20-19(2-1-9-26-20)34(31,32)29-12-14-33-15-13-29/h1-6,9,16H,7-8,10-15H2,(H,27,30). The van der Waals surface area contributed by atoms with Crippen molar-refractivity contribution < 1.29 is 31.1 Å². The summed E-state index contributed by atoms with van der Waals surface area (Å²) in [6.07, 6.45) is -1.98. The zero-order chi connectivity index (χ0) is 24.3. The first-order valence-electron chi connectivity index (χ1n) is 10.9. The van der Waals surface area contributed by atoms with Gasteiger partial charge in [-0.3, -0.25) is 4.79 Å². The largest absolute Gasteiger partial charge is 0.416 e. The van der Waals surface area contributed by atoms with Gasteiger partial charge in [-0.1, -0.05) is 0 Å². The van der Waals surface area contributed by atoms with Gasteiger partial charge in [-0.15, -0.1) is 0 Å². The molecule has 184 valence electrons. The number of halogens is 3. The minimum Gasteiger partial charge on any atom is -0.379 e. The number of nitrogens with one attached hydrogen (secondary N) is 1. The van der Waals surface area contributed by atoms with Crippen LogP contribution in [0, 0.1) is 5.92 Å². The summed E-state index contributed by atoms with van der Waals surface area (Å²) >= 11 is 0. The molecule has 0 saturated carbocycles. The predicted octanol–water partition coefficient (Wildman–Crippen LogP) is 2.98. The molecule has 1 aromatic carbocycles. The summed E-state index contributed by atoms with van der Waals surface area (Å²) in [6.45, 7) is 2.09. The Balaban J connectivity index is 1.40. The normalized spacial score (nSPS) is 18.6. The van der Waals surface area contributed by atoms with Crippen molar-refractivity contribution in [3.05, 3.63) is 48.2 Å². The van der Waals surface area contributed by atoms with Gasteiger partial charge in [-0.2, -0.15) is 17.5 Å². The molecule has 3 heterocycles. The number of hydrogen-bond acceptors (Lipinski definition) is 6. The summed E-state index contributed by atoms with van der Waals surface area (Å²) in [5.41, 5.74) is -0.485. The van der Waals surface area contributed by atoms with Crippen molar-refractivity contribution in [3.63, 3.8) is 0 Å². The van der Waals surface area contributed by atoms with Crippen LogP contribution in [0.5, 0.6) is 0 Å². The third-order valence-electron chi connectivity index (χ3n) is 5.98. The Kier molecular flexibility index (Phi) is 7.10. The number of ether oxygens (including phenoxy) is 1. The van der Waals surface area contributed by atoms with Gasteiger partial charge in [0.2, 0.25) is 15.9 Å². The van der Waals surface area contributed by atoms with Gasteiger partial charge in [0.05, 0.1) is 18.8 Å². The lowest BCUT2D eigenvalue weighted by Crippen LogP contribution is -2.42. The first-order valence-corrected chi connectivity index (χ1v) is 12.4. The second-order valence-corrected chi connectivity index (χ2v) is 10.1. The third kappa shape index (κ3) is 5.34. The fraction of sp³-hybridized carbons (Fsp3) is 0.455. The van der Waals surface area contributed by atoms with E-state index in [0.717, 1.165) is 12.1 Å². The monoisotopic (exact) mass is 498 g/mol. The van der Waals surface area contributed by atoms with E-state index in [0.29, 0.717) is 50.7 Å². The highest BCUT2D eigenvalue weighted by molar-refractivity contribution is 7.89. The molecule has 2 aromatic rings. The molecule has 12 heteroatoms. The van der Waals surface area contributed by atoms with E-state index in [4.69, 9.17) is 4.74 Å². The van der Waals surface area contributed by atoms with E-state index in [1.165, 1.54) is 28.7 Å².